The molecule has 3 N–H and O–H groups in total. The number of nitrogens with one attached hydrogen (secondary N) is 3. The second-order valence-corrected chi connectivity index (χ2v) is 8.64. The topological polar surface area (TPSA) is 140 Å². The Morgan fingerprint density at radius 2 is 1.67 bits per heavy atom. The molecule has 0 saturated heterocycles. The highest BCUT2D eigenvalue weighted by Crippen LogP contribution is 2.29. The molecule has 0 aliphatic rings. The van der Waals surface area contributed by atoms with Gasteiger partial charge >= 0.3 is 0 Å². The normalized spacial score (nSPS) is 10.7. The van der Waals surface area contributed by atoms with Gasteiger partial charge in [0.25, 0.3) is 21.6 Å². The van der Waals surface area contributed by atoms with Crippen LogP contribution in [0.5, 0.6) is 5.75 Å². The third-order valence-corrected chi connectivity index (χ3v) is 5.88. The smallest absolute Gasteiger partial charge is 0.273 e. The van der Waals surface area contributed by atoms with E-state index in [0.29, 0.717) is 11.4 Å². The number of methoxy groups -OCH3 is 1. The minimum atomic E-state index is -4.07. The van der Waals surface area contributed by atoms with Gasteiger partial charge in [-0.3, -0.25) is 14.9 Å². The maximum Gasteiger partial charge on any atom is 0.273 e. The summed E-state index contributed by atoms with van der Waals surface area (Å²) in [7, 11) is -2.70. The molecular formula is C21H18N4O6S2. The Bertz CT molecular complexity index is 1300. The molecule has 0 bridgehead atoms. The van der Waals surface area contributed by atoms with Gasteiger partial charge in [-0.2, -0.15) is 0 Å². The molecule has 0 saturated carbocycles. The summed E-state index contributed by atoms with van der Waals surface area (Å²) in [5, 5.41) is 16.8. The Hall–Kier alpha value is -4.03. The molecule has 0 radical (unpaired) electrons. The summed E-state index contributed by atoms with van der Waals surface area (Å²) in [5.74, 6) is -0.510. The molecule has 3 rings (SSSR count). The van der Waals surface area contributed by atoms with E-state index < -0.39 is 20.9 Å². The van der Waals surface area contributed by atoms with Gasteiger partial charge in [0.05, 0.1) is 28.7 Å². The van der Waals surface area contributed by atoms with E-state index in [0.717, 1.165) is 0 Å². The number of nitro benzene ring substituents is 1. The number of rotatable bonds is 7. The molecular weight excluding hydrogens is 468 g/mol. The Balaban J connectivity index is 1.66. The lowest BCUT2D eigenvalue weighted by Crippen LogP contribution is -2.30. The Kier molecular flexibility index (Phi) is 7.20. The van der Waals surface area contributed by atoms with Gasteiger partial charge in [-0.15, -0.1) is 0 Å². The molecule has 3 aromatic rings. The van der Waals surface area contributed by atoms with E-state index in [-0.39, 0.29) is 27.0 Å². The highest BCUT2D eigenvalue weighted by molar-refractivity contribution is 7.90. The molecule has 0 aliphatic heterocycles. The summed E-state index contributed by atoms with van der Waals surface area (Å²) >= 11 is 5.24. The number of benzene rings is 3. The first-order valence-electron chi connectivity index (χ1n) is 9.32. The van der Waals surface area contributed by atoms with Crippen LogP contribution in [-0.2, 0) is 10.0 Å². The van der Waals surface area contributed by atoms with Crippen LogP contribution in [0.25, 0.3) is 0 Å². The van der Waals surface area contributed by atoms with Crippen molar-refractivity contribution < 1.29 is 22.9 Å². The van der Waals surface area contributed by atoms with Crippen molar-refractivity contribution >= 4 is 50.3 Å². The number of carbonyl (C=O) groups excluding carboxylic acids is 1. The van der Waals surface area contributed by atoms with E-state index >= 15 is 0 Å². The van der Waals surface area contributed by atoms with Crippen molar-refractivity contribution in [2.24, 2.45) is 0 Å². The average molecular weight is 487 g/mol. The van der Waals surface area contributed by atoms with Crippen LogP contribution in [0.4, 0.5) is 17.1 Å². The van der Waals surface area contributed by atoms with Crippen LogP contribution in [-0.4, -0.2) is 31.5 Å². The second-order valence-electron chi connectivity index (χ2n) is 6.55. The molecule has 1 amide bonds. The predicted octanol–water partition coefficient (Wildman–Crippen LogP) is 3.53. The van der Waals surface area contributed by atoms with Gasteiger partial charge in [-0.1, -0.05) is 18.2 Å². The predicted molar refractivity (Wildman–Crippen MR) is 127 cm³/mol. The highest BCUT2D eigenvalue weighted by atomic mass is 32.2. The molecule has 12 heteroatoms. The molecule has 0 heterocycles. The molecule has 0 unspecified atom stereocenters. The Morgan fingerprint density at radius 3 is 2.27 bits per heavy atom. The fraction of sp³-hybridized carbons (Fsp3) is 0.0476. The minimum absolute atomic E-state index is 0.103. The zero-order valence-electron chi connectivity index (χ0n) is 17.1. The molecule has 3 aromatic carbocycles. The third-order valence-electron chi connectivity index (χ3n) is 4.33. The van der Waals surface area contributed by atoms with E-state index in [1.54, 1.807) is 18.2 Å². The van der Waals surface area contributed by atoms with Crippen molar-refractivity contribution in [2.45, 2.75) is 4.90 Å². The van der Waals surface area contributed by atoms with Crippen LogP contribution in [0.15, 0.2) is 77.7 Å². The van der Waals surface area contributed by atoms with Gasteiger partial charge in [-0.05, 0) is 54.7 Å². The number of nitrogens with zero attached hydrogens (tertiary/aromatic N) is 1. The first kappa shape index (κ1) is 23.6. The molecule has 0 aromatic heterocycles. The first-order valence-corrected chi connectivity index (χ1v) is 11.2. The summed E-state index contributed by atoms with van der Waals surface area (Å²) in [6.07, 6.45) is 0. The summed E-state index contributed by atoms with van der Waals surface area (Å²) < 4.78 is 32.1. The lowest BCUT2D eigenvalue weighted by molar-refractivity contribution is -0.384. The van der Waals surface area contributed by atoms with Crippen LogP contribution in [0.1, 0.15) is 10.4 Å². The summed E-state index contributed by atoms with van der Waals surface area (Å²) in [6.45, 7) is 0. The number of ether oxygens (including phenoxy) is 1. The van der Waals surface area contributed by atoms with Crippen LogP contribution in [0.3, 0.4) is 0 Å². The fourth-order valence-corrected chi connectivity index (χ4v) is 3.93. The van der Waals surface area contributed by atoms with Crippen molar-refractivity contribution in [1.29, 1.82) is 0 Å². The van der Waals surface area contributed by atoms with Gasteiger partial charge in [0.2, 0.25) is 0 Å². The first-order chi connectivity index (χ1) is 15.7. The van der Waals surface area contributed by atoms with E-state index in [9.17, 15) is 23.3 Å². The number of hydrogen-bond acceptors (Lipinski definition) is 7. The number of non-ortho nitro benzene ring substituents is 1. The van der Waals surface area contributed by atoms with Crippen molar-refractivity contribution in [1.82, 2.24) is 4.72 Å². The number of hydrogen-bond donors (Lipinski definition) is 3. The molecule has 0 fully saturated rings. The molecule has 170 valence electrons. The van der Waals surface area contributed by atoms with Crippen molar-refractivity contribution in [3.05, 3.63) is 88.5 Å². The zero-order valence-corrected chi connectivity index (χ0v) is 18.8. The van der Waals surface area contributed by atoms with Crippen molar-refractivity contribution in [3.63, 3.8) is 0 Å². The van der Waals surface area contributed by atoms with Crippen molar-refractivity contribution in [2.75, 3.05) is 17.7 Å². The van der Waals surface area contributed by atoms with Gasteiger partial charge in [0, 0.05) is 17.3 Å². The number of sulfonamides is 1. The summed E-state index contributed by atoms with van der Waals surface area (Å²) in [5.41, 5.74) is 0.968. The second kappa shape index (κ2) is 10.1. The Labute approximate surface area is 194 Å². The average Bonchev–Trinajstić information content (AvgIpc) is 2.79. The minimum Gasteiger partial charge on any atom is -0.494 e. The third kappa shape index (κ3) is 6.02. The number of anilines is 2. The van der Waals surface area contributed by atoms with Crippen LogP contribution in [0.2, 0.25) is 0 Å². The van der Waals surface area contributed by atoms with E-state index in [1.807, 2.05) is 4.72 Å². The maximum absolute atomic E-state index is 12.5. The lowest BCUT2D eigenvalue weighted by Gasteiger charge is -2.14. The number of nitro groups is 1. The van der Waals surface area contributed by atoms with E-state index in [4.69, 9.17) is 17.0 Å². The standard InChI is InChI=1S/C21H18N4O6S2/c1-31-19-13-16(25(27)28)9-12-18(19)23-21(32)22-15-7-10-17(11-8-15)33(29,30)24-20(26)14-5-3-2-4-6-14/h2-13H,1H3,(H,24,26)(H2,22,23,32). The number of carbonyl (C=O) groups is 1. The zero-order chi connectivity index (χ0) is 24.0. The number of amides is 1. The van der Waals surface area contributed by atoms with Crippen LogP contribution < -0.4 is 20.1 Å². The SMILES string of the molecule is COc1cc([N+](=O)[O-])ccc1NC(=S)Nc1ccc(S(=O)(=O)NC(=O)c2ccccc2)cc1. The largest absolute Gasteiger partial charge is 0.494 e. The number of thiocarbonyl (C=S) groups is 1. The molecule has 0 atom stereocenters. The molecule has 0 aliphatic carbocycles. The van der Waals surface area contributed by atoms with Crippen molar-refractivity contribution in [3.8, 4) is 5.75 Å². The maximum atomic E-state index is 12.5. The Morgan fingerprint density at radius 1 is 1.00 bits per heavy atom. The van der Waals surface area contributed by atoms with E-state index in [1.165, 1.54) is 61.7 Å². The molecule has 33 heavy (non-hydrogen) atoms. The van der Waals surface area contributed by atoms with E-state index in [2.05, 4.69) is 10.6 Å². The molecule has 0 spiro atoms. The highest BCUT2D eigenvalue weighted by Gasteiger charge is 2.19. The van der Waals surface area contributed by atoms with Gasteiger partial charge < -0.3 is 15.4 Å². The van der Waals surface area contributed by atoms with Gasteiger partial charge in [0.1, 0.15) is 5.75 Å². The van der Waals surface area contributed by atoms with Crippen LogP contribution >= 0.6 is 12.2 Å². The van der Waals surface area contributed by atoms with Crippen LogP contribution in [0, 0.1) is 10.1 Å². The van der Waals surface area contributed by atoms with Gasteiger partial charge in [0.15, 0.2) is 5.11 Å². The summed E-state index contributed by atoms with van der Waals surface area (Å²) in [4.78, 5) is 22.4. The lowest BCUT2D eigenvalue weighted by atomic mass is 10.2. The fourth-order valence-electron chi connectivity index (χ4n) is 2.73. The van der Waals surface area contributed by atoms with Gasteiger partial charge in [-0.25, -0.2) is 13.1 Å². The monoisotopic (exact) mass is 486 g/mol. The molecule has 10 nitrogen and oxygen atoms in total. The quantitative estimate of drug-likeness (QED) is 0.260. The summed E-state index contributed by atoms with van der Waals surface area (Å²) in [6, 6.07) is 17.6.